The number of thioether (sulfide) groups is 1. The van der Waals surface area contributed by atoms with Gasteiger partial charge in [-0.25, -0.2) is 0 Å². The Bertz CT molecular complexity index is 796. The third-order valence-corrected chi connectivity index (χ3v) is 4.14. The lowest BCUT2D eigenvalue weighted by Crippen LogP contribution is -2.15. The van der Waals surface area contributed by atoms with E-state index in [-0.39, 0.29) is 0 Å². The van der Waals surface area contributed by atoms with Crippen LogP contribution in [0.25, 0.3) is 6.08 Å². The van der Waals surface area contributed by atoms with E-state index in [1.165, 1.54) is 12.1 Å². The zero-order chi connectivity index (χ0) is 17.6. The van der Waals surface area contributed by atoms with Gasteiger partial charge in [0.1, 0.15) is 13.2 Å². The summed E-state index contributed by atoms with van der Waals surface area (Å²) in [5.41, 5.74) is 1.12. The first-order valence-corrected chi connectivity index (χ1v) is 8.42. The van der Waals surface area contributed by atoms with Crippen LogP contribution in [0.1, 0.15) is 5.56 Å². The molecule has 0 radical (unpaired) electrons. The number of rotatable bonds is 5. The van der Waals surface area contributed by atoms with E-state index in [1.807, 2.05) is 0 Å². The van der Waals surface area contributed by atoms with Crippen LogP contribution in [0.3, 0.4) is 0 Å². The number of ether oxygens (including phenoxy) is 2. The van der Waals surface area contributed by atoms with Crippen molar-refractivity contribution in [2.75, 3.05) is 18.5 Å². The van der Waals surface area contributed by atoms with Crippen LogP contribution >= 0.6 is 11.8 Å². The third-order valence-electron chi connectivity index (χ3n) is 3.35. The van der Waals surface area contributed by atoms with E-state index < -0.39 is 11.7 Å². The number of fused-ring (bicyclic) bond motifs is 1. The molecule has 0 bridgehead atoms. The lowest BCUT2D eigenvalue weighted by Gasteiger charge is -2.18. The molecule has 0 unspecified atom stereocenters. The van der Waals surface area contributed by atoms with E-state index in [4.69, 9.17) is 9.47 Å². The van der Waals surface area contributed by atoms with E-state index in [0.29, 0.717) is 47.1 Å². The van der Waals surface area contributed by atoms with Crippen molar-refractivity contribution < 1.29 is 23.0 Å². The second kappa shape index (κ2) is 8.02. The Kier molecular flexibility index (Phi) is 5.55. The standard InChI is InChI=1S/C18H15F2NO3S/c19-18(20)25-16-4-2-1-3-13(16)21-17(22)8-6-12-5-7-14-15(11-12)24-10-9-23-14/h1-8,11,18H,9-10H2,(H,21,22)/b8-6+. The molecule has 1 heterocycles. The number of carbonyl (C=O) groups is 1. The molecule has 4 nitrogen and oxygen atoms in total. The SMILES string of the molecule is O=C(/C=C/c1ccc2c(c1)OCCO2)Nc1ccccc1SC(F)F. The molecular weight excluding hydrogens is 348 g/mol. The zero-order valence-corrected chi connectivity index (χ0v) is 13.9. The van der Waals surface area contributed by atoms with Gasteiger partial charge in [-0.1, -0.05) is 30.0 Å². The summed E-state index contributed by atoms with van der Waals surface area (Å²) in [5.74, 6) is -1.65. The zero-order valence-electron chi connectivity index (χ0n) is 13.1. The molecule has 0 spiro atoms. The Morgan fingerprint density at radius 3 is 2.68 bits per heavy atom. The van der Waals surface area contributed by atoms with Crippen molar-refractivity contribution in [3.05, 3.63) is 54.1 Å². The fraction of sp³-hybridized carbons (Fsp3) is 0.167. The normalized spacial score (nSPS) is 13.2. The molecule has 25 heavy (non-hydrogen) atoms. The number of hydrogen-bond acceptors (Lipinski definition) is 4. The van der Waals surface area contributed by atoms with Gasteiger partial charge in [-0.2, -0.15) is 8.78 Å². The summed E-state index contributed by atoms with van der Waals surface area (Å²) in [4.78, 5) is 12.4. The van der Waals surface area contributed by atoms with Crippen LogP contribution in [0.15, 0.2) is 53.4 Å². The highest BCUT2D eigenvalue weighted by atomic mass is 32.2. The minimum atomic E-state index is -2.55. The van der Waals surface area contributed by atoms with Gasteiger partial charge in [-0.05, 0) is 35.9 Å². The van der Waals surface area contributed by atoms with Crippen molar-refractivity contribution in [3.63, 3.8) is 0 Å². The van der Waals surface area contributed by atoms with E-state index in [0.717, 1.165) is 5.56 Å². The Morgan fingerprint density at radius 1 is 1.12 bits per heavy atom. The number of para-hydroxylation sites is 1. The number of alkyl halides is 2. The molecule has 1 aliphatic heterocycles. The van der Waals surface area contributed by atoms with Crippen molar-refractivity contribution in [3.8, 4) is 11.5 Å². The van der Waals surface area contributed by atoms with Gasteiger partial charge >= 0.3 is 0 Å². The number of benzene rings is 2. The molecule has 1 N–H and O–H groups in total. The molecule has 0 saturated carbocycles. The molecular formula is C18H15F2NO3S. The molecule has 0 atom stereocenters. The second-order valence-electron chi connectivity index (χ2n) is 5.10. The highest BCUT2D eigenvalue weighted by Crippen LogP contribution is 2.32. The number of carbonyl (C=O) groups excluding carboxylic acids is 1. The Labute approximate surface area is 147 Å². The van der Waals surface area contributed by atoms with E-state index in [9.17, 15) is 13.6 Å². The maximum absolute atomic E-state index is 12.6. The van der Waals surface area contributed by atoms with Crippen LogP contribution in [0.5, 0.6) is 11.5 Å². The smallest absolute Gasteiger partial charge is 0.288 e. The van der Waals surface area contributed by atoms with Gasteiger partial charge in [0, 0.05) is 11.0 Å². The van der Waals surface area contributed by atoms with Crippen molar-refractivity contribution >= 4 is 29.4 Å². The average molecular weight is 363 g/mol. The fourth-order valence-electron chi connectivity index (χ4n) is 2.28. The van der Waals surface area contributed by atoms with E-state index in [2.05, 4.69) is 5.32 Å². The molecule has 2 aromatic rings. The predicted molar refractivity (Wildman–Crippen MR) is 93.4 cm³/mol. The fourth-order valence-corrected chi connectivity index (χ4v) is 2.87. The summed E-state index contributed by atoms with van der Waals surface area (Å²) in [6, 6.07) is 11.8. The number of hydrogen-bond donors (Lipinski definition) is 1. The van der Waals surface area contributed by atoms with E-state index in [1.54, 1.807) is 42.5 Å². The van der Waals surface area contributed by atoms with Gasteiger partial charge in [0.15, 0.2) is 11.5 Å². The molecule has 0 aromatic heterocycles. The van der Waals surface area contributed by atoms with Gasteiger partial charge in [0.25, 0.3) is 5.76 Å². The summed E-state index contributed by atoms with van der Waals surface area (Å²) in [5, 5.41) is 2.61. The molecule has 1 amide bonds. The second-order valence-corrected chi connectivity index (χ2v) is 6.13. The van der Waals surface area contributed by atoms with Crippen LogP contribution in [-0.4, -0.2) is 24.9 Å². The first-order valence-electron chi connectivity index (χ1n) is 7.54. The third kappa shape index (κ3) is 4.73. The van der Waals surface area contributed by atoms with Gasteiger partial charge in [0.2, 0.25) is 5.91 Å². The van der Waals surface area contributed by atoms with Gasteiger partial charge < -0.3 is 14.8 Å². The molecule has 0 fully saturated rings. The molecule has 0 saturated heterocycles. The number of halogens is 2. The number of anilines is 1. The summed E-state index contributed by atoms with van der Waals surface area (Å²) < 4.78 is 36.0. The van der Waals surface area contributed by atoms with Crippen LogP contribution in [-0.2, 0) is 4.79 Å². The average Bonchev–Trinajstić information content (AvgIpc) is 2.61. The Hall–Kier alpha value is -2.54. The topological polar surface area (TPSA) is 47.6 Å². The monoisotopic (exact) mass is 363 g/mol. The molecule has 130 valence electrons. The summed E-state index contributed by atoms with van der Waals surface area (Å²) in [7, 11) is 0. The van der Waals surface area contributed by atoms with Crippen LogP contribution in [0.4, 0.5) is 14.5 Å². The van der Waals surface area contributed by atoms with Crippen LogP contribution in [0.2, 0.25) is 0 Å². The van der Waals surface area contributed by atoms with Crippen LogP contribution < -0.4 is 14.8 Å². The van der Waals surface area contributed by atoms with Crippen molar-refractivity contribution in [1.29, 1.82) is 0 Å². The maximum atomic E-state index is 12.6. The quantitative estimate of drug-likeness (QED) is 0.631. The summed E-state index contributed by atoms with van der Waals surface area (Å²) >= 11 is 0.394. The largest absolute Gasteiger partial charge is 0.486 e. The summed E-state index contributed by atoms with van der Waals surface area (Å²) in [6.07, 6.45) is 2.96. The Balaban J connectivity index is 1.67. The first kappa shape index (κ1) is 17.3. The highest BCUT2D eigenvalue weighted by Gasteiger charge is 2.12. The van der Waals surface area contributed by atoms with Crippen molar-refractivity contribution in [2.24, 2.45) is 0 Å². The molecule has 0 aliphatic carbocycles. The summed E-state index contributed by atoms with van der Waals surface area (Å²) in [6.45, 7) is 1.000. The first-order chi connectivity index (χ1) is 12.1. The number of nitrogens with one attached hydrogen (secondary N) is 1. The Morgan fingerprint density at radius 2 is 1.88 bits per heavy atom. The predicted octanol–water partition coefficient (Wildman–Crippen LogP) is 4.42. The van der Waals surface area contributed by atoms with Crippen molar-refractivity contribution in [1.82, 2.24) is 0 Å². The van der Waals surface area contributed by atoms with Crippen LogP contribution in [0, 0.1) is 0 Å². The highest BCUT2D eigenvalue weighted by molar-refractivity contribution is 7.99. The minimum Gasteiger partial charge on any atom is -0.486 e. The molecule has 3 rings (SSSR count). The van der Waals surface area contributed by atoms with Gasteiger partial charge in [-0.3, -0.25) is 4.79 Å². The lowest BCUT2D eigenvalue weighted by molar-refractivity contribution is -0.111. The van der Waals surface area contributed by atoms with Crippen molar-refractivity contribution in [2.45, 2.75) is 10.7 Å². The molecule has 1 aliphatic rings. The maximum Gasteiger partial charge on any atom is 0.288 e. The lowest BCUT2D eigenvalue weighted by atomic mass is 10.2. The molecule has 2 aromatic carbocycles. The van der Waals surface area contributed by atoms with Gasteiger partial charge in [-0.15, -0.1) is 0 Å². The van der Waals surface area contributed by atoms with Gasteiger partial charge in [0.05, 0.1) is 5.69 Å². The van der Waals surface area contributed by atoms with E-state index >= 15 is 0 Å². The minimum absolute atomic E-state index is 0.318. The molecule has 7 heteroatoms. The number of amides is 1.